The van der Waals surface area contributed by atoms with Gasteiger partial charge in [-0.25, -0.2) is 0 Å². The van der Waals surface area contributed by atoms with Crippen molar-refractivity contribution < 1.29 is 4.68 Å². The van der Waals surface area contributed by atoms with Crippen LogP contribution in [0, 0.1) is 0 Å². The van der Waals surface area contributed by atoms with Crippen molar-refractivity contribution >= 4 is 0 Å². The van der Waals surface area contributed by atoms with Crippen LogP contribution < -0.4 is 4.68 Å². The van der Waals surface area contributed by atoms with Crippen LogP contribution in [0.4, 0.5) is 0 Å². The SMILES string of the molecule is C[n+]1cnnn1-c1ccccc1. The van der Waals surface area contributed by atoms with Crippen LogP contribution in [0.25, 0.3) is 5.69 Å². The molecule has 0 aliphatic heterocycles. The number of para-hydroxylation sites is 1. The lowest BCUT2D eigenvalue weighted by Gasteiger charge is -1.94. The first-order chi connectivity index (χ1) is 5.88. The Bertz CT molecular complexity index is 366. The maximum Gasteiger partial charge on any atom is 0.288 e. The van der Waals surface area contributed by atoms with E-state index in [1.54, 1.807) is 11.1 Å². The highest BCUT2D eigenvalue weighted by Crippen LogP contribution is 1.99. The number of tetrazole rings is 1. The molecular weight excluding hydrogens is 152 g/mol. The Kier molecular flexibility index (Phi) is 1.59. The van der Waals surface area contributed by atoms with Gasteiger partial charge in [-0.15, -0.1) is 0 Å². The van der Waals surface area contributed by atoms with Gasteiger partial charge >= 0.3 is 0 Å². The first-order valence-corrected chi connectivity index (χ1v) is 3.70. The Hall–Kier alpha value is -1.71. The molecule has 0 N–H and O–H groups in total. The lowest BCUT2D eigenvalue weighted by molar-refractivity contribution is -0.749. The fourth-order valence-electron chi connectivity index (χ4n) is 1.05. The number of nitrogens with zero attached hydrogens (tertiary/aromatic N) is 4. The van der Waals surface area contributed by atoms with Crippen LogP contribution in [0.2, 0.25) is 0 Å². The van der Waals surface area contributed by atoms with Gasteiger partial charge in [-0.1, -0.05) is 18.2 Å². The molecule has 1 aromatic heterocycles. The van der Waals surface area contributed by atoms with Crippen molar-refractivity contribution in [1.29, 1.82) is 0 Å². The smallest absolute Gasteiger partial charge is 0.161 e. The summed E-state index contributed by atoms with van der Waals surface area (Å²) >= 11 is 0. The Labute approximate surface area is 70.0 Å². The maximum atomic E-state index is 3.92. The van der Waals surface area contributed by atoms with Gasteiger partial charge in [0.15, 0.2) is 5.21 Å². The van der Waals surface area contributed by atoms with Crippen LogP contribution in [0.1, 0.15) is 0 Å². The minimum Gasteiger partial charge on any atom is -0.161 e. The molecular formula is C8H9N4+. The molecule has 2 aromatic rings. The van der Waals surface area contributed by atoms with E-state index in [1.165, 1.54) is 0 Å². The molecule has 0 atom stereocenters. The van der Waals surface area contributed by atoms with Gasteiger partial charge in [-0.05, 0) is 16.9 Å². The third-order valence-electron chi connectivity index (χ3n) is 1.64. The lowest BCUT2D eigenvalue weighted by atomic mass is 10.3. The molecule has 0 unspecified atom stereocenters. The third kappa shape index (κ3) is 1.07. The molecule has 0 bridgehead atoms. The van der Waals surface area contributed by atoms with Gasteiger partial charge in [0.05, 0.1) is 7.05 Å². The molecule has 0 radical (unpaired) electrons. The third-order valence-corrected chi connectivity index (χ3v) is 1.64. The molecule has 4 heteroatoms. The van der Waals surface area contributed by atoms with E-state index in [2.05, 4.69) is 10.3 Å². The molecule has 0 fully saturated rings. The second-order valence-corrected chi connectivity index (χ2v) is 2.52. The van der Waals surface area contributed by atoms with Gasteiger partial charge in [0.25, 0.3) is 6.33 Å². The summed E-state index contributed by atoms with van der Waals surface area (Å²) in [5.41, 5.74) is 1.01. The van der Waals surface area contributed by atoms with Gasteiger partial charge in [0, 0.05) is 0 Å². The minimum atomic E-state index is 1.01. The summed E-state index contributed by atoms with van der Waals surface area (Å²) in [7, 11) is 1.90. The van der Waals surface area contributed by atoms with Crippen molar-refractivity contribution in [2.24, 2.45) is 7.05 Å². The molecule has 0 saturated heterocycles. The Balaban J connectivity index is 2.51. The average Bonchev–Trinajstić information content (AvgIpc) is 2.53. The number of hydrogen-bond acceptors (Lipinski definition) is 2. The van der Waals surface area contributed by atoms with E-state index < -0.39 is 0 Å². The number of aromatic nitrogens is 4. The zero-order valence-electron chi connectivity index (χ0n) is 6.75. The number of hydrogen-bond donors (Lipinski definition) is 0. The number of benzene rings is 1. The van der Waals surface area contributed by atoms with Gasteiger partial charge in [0.1, 0.15) is 10.8 Å². The largest absolute Gasteiger partial charge is 0.288 e. The van der Waals surface area contributed by atoms with Crippen molar-refractivity contribution in [3.8, 4) is 5.69 Å². The molecule has 12 heavy (non-hydrogen) atoms. The van der Waals surface area contributed by atoms with Crippen LogP contribution in [-0.4, -0.2) is 15.1 Å². The van der Waals surface area contributed by atoms with E-state index in [-0.39, 0.29) is 0 Å². The molecule has 0 amide bonds. The monoisotopic (exact) mass is 161 g/mol. The van der Waals surface area contributed by atoms with Crippen LogP contribution >= 0.6 is 0 Å². The topological polar surface area (TPSA) is 34.6 Å². The minimum absolute atomic E-state index is 1.01. The van der Waals surface area contributed by atoms with Crippen LogP contribution in [-0.2, 0) is 7.05 Å². The van der Waals surface area contributed by atoms with E-state index in [4.69, 9.17) is 0 Å². The normalized spacial score (nSPS) is 10.1. The first kappa shape index (κ1) is 6.97. The summed E-state index contributed by atoms with van der Waals surface area (Å²) in [4.78, 5) is 1.72. The van der Waals surface area contributed by atoms with E-state index in [0.717, 1.165) is 5.69 Å². The fourth-order valence-corrected chi connectivity index (χ4v) is 1.05. The Morgan fingerprint density at radius 1 is 1.25 bits per heavy atom. The molecule has 4 nitrogen and oxygen atoms in total. The number of aryl methyl sites for hydroxylation is 1. The maximum absolute atomic E-state index is 3.92. The van der Waals surface area contributed by atoms with E-state index in [0.29, 0.717) is 0 Å². The number of rotatable bonds is 1. The van der Waals surface area contributed by atoms with Crippen LogP contribution in [0.15, 0.2) is 36.7 Å². The molecule has 0 saturated carbocycles. The van der Waals surface area contributed by atoms with Crippen LogP contribution in [0.3, 0.4) is 0 Å². The van der Waals surface area contributed by atoms with Crippen molar-refractivity contribution in [1.82, 2.24) is 15.1 Å². The zero-order valence-corrected chi connectivity index (χ0v) is 6.75. The zero-order chi connectivity index (χ0) is 8.39. The van der Waals surface area contributed by atoms with Gasteiger partial charge in [-0.2, -0.15) is 4.68 Å². The lowest BCUT2D eigenvalue weighted by Crippen LogP contribution is -2.37. The summed E-state index contributed by atoms with van der Waals surface area (Å²) < 4.78 is 1.81. The molecule has 2 rings (SSSR count). The predicted molar refractivity (Wildman–Crippen MR) is 42.5 cm³/mol. The van der Waals surface area contributed by atoms with Gasteiger partial charge in [0.2, 0.25) is 0 Å². The second-order valence-electron chi connectivity index (χ2n) is 2.52. The predicted octanol–water partition coefficient (Wildman–Crippen LogP) is 0.0918. The average molecular weight is 161 g/mol. The molecule has 1 heterocycles. The van der Waals surface area contributed by atoms with Crippen molar-refractivity contribution in [2.45, 2.75) is 0 Å². The molecule has 0 aliphatic carbocycles. The summed E-state index contributed by atoms with van der Waals surface area (Å²) in [6.07, 6.45) is 1.66. The molecule has 60 valence electrons. The summed E-state index contributed by atoms with van der Waals surface area (Å²) in [5, 5.41) is 7.69. The summed E-state index contributed by atoms with van der Waals surface area (Å²) in [6, 6.07) is 9.87. The fraction of sp³-hybridized carbons (Fsp3) is 0.125. The highest BCUT2D eigenvalue weighted by Gasteiger charge is 2.06. The van der Waals surface area contributed by atoms with E-state index in [9.17, 15) is 0 Å². The Morgan fingerprint density at radius 2 is 2.00 bits per heavy atom. The standard InChI is InChI=1S/C8H9N4/c1-11-7-9-10-12(11)8-5-3-2-4-6-8/h2-7H,1H3/q+1. The van der Waals surface area contributed by atoms with E-state index in [1.807, 2.05) is 42.1 Å². The van der Waals surface area contributed by atoms with E-state index >= 15 is 0 Å². The van der Waals surface area contributed by atoms with Crippen molar-refractivity contribution in [3.05, 3.63) is 36.7 Å². The summed E-state index contributed by atoms with van der Waals surface area (Å²) in [5.74, 6) is 0. The highest BCUT2D eigenvalue weighted by atomic mass is 15.6. The Morgan fingerprint density at radius 3 is 2.58 bits per heavy atom. The van der Waals surface area contributed by atoms with Crippen molar-refractivity contribution in [2.75, 3.05) is 0 Å². The molecule has 1 aromatic carbocycles. The summed E-state index contributed by atoms with van der Waals surface area (Å²) in [6.45, 7) is 0. The first-order valence-electron chi connectivity index (χ1n) is 3.70. The van der Waals surface area contributed by atoms with Crippen molar-refractivity contribution in [3.63, 3.8) is 0 Å². The molecule has 0 spiro atoms. The van der Waals surface area contributed by atoms with Gasteiger partial charge < -0.3 is 0 Å². The highest BCUT2D eigenvalue weighted by molar-refractivity contribution is 5.26. The quantitative estimate of drug-likeness (QED) is 0.556. The van der Waals surface area contributed by atoms with Crippen LogP contribution in [0.5, 0.6) is 0 Å². The second kappa shape index (κ2) is 2.73. The van der Waals surface area contributed by atoms with Gasteiger partial charge in [-0.3, -0.25) is 0 Å². The molecule has 0 aliphatic rings.